The lowest BCUT2D eigenvalue weighted by Crippen LogP contribution is -2.80. The molecule has 0 bridgehead atoms. The Balaban J connectivity index is 1.87. The highest BCUT2D eigenvalue weighted by Crippen LogP contribution is 2.25. The molecule has 0 aliphatic carbocycles. The minimum Gasteiger partial charge on any atom is -0.234 e. The molecule has 41 heavy (non-hydrogen) atoms. The van der Waals surface area contributed by atoms with Crippen LogP contribution < -0.4 is 31.1 Å². The Morgan fingerprint density at radius 2 is 0.488 bits per heavy atom. The summed E-state index contributed by atoms with van der Waals surface area (Å²) in [5, 5.41) is 7.06. The first kappa shape index (κ1) is 26.4. The van der Waals surface area contributed by atoms with E-state index in [9.17, 15) is 4.79 Å². The van der Waals surface area contributed by atoms with Crippen LogP contribution >= 0.6 is 0 Å². The van der Waals surface area contributed by atoms with Crippen molar-refractivity contribution in [1.82, 2.24) is 0 Å². The first-order valence-electron chi connectivity index (χ1n) is 13.9. The molecule has 3 heteroatoms. The lowest BCUT2D eigenvalue weighted by molar-refractivity contribution is 0.569. The molecule has 0 unspecified atom stereocenters. The topological polar surface area (TPSA) is 17.1 Å². The Kier molecular flexibility index (Phi) is 7.57. The predicted molar refractivity (Wildman–Crippen MR) is 177 cm³/mol. The molecule has 0 saturated heterocycles. The van der Waals surface area contributed by atoms with Crippen molar-refractivity contribution in [2.75, 3.05) is 0 Å². The molecule has 0 aromatic heterocycles. The largest absolute Gasteiger partial charge is 0.234 e. The fourth-order valence-corrected chi connectivity index (χ4v) is 19.5. The molecule has 0 atom stereocenters. The molecule has 6 aromatic carbocycles. The van der Waals surface area contributed by atoms with E-state index in [1.807, 2.05) is 0 Å². The summed E-state index contributed by atoms with van der Waals surface area (Å²) in [6.45, 7) is 0. The van der Waals surface area contributed by atoms with Crippen LogP contribution in [0, 0.1) is 0 Å². The summed E-state index contributed by atoms with van der Waals surface area (Å²) in [5.41, 5.74) is 0. The van der Waals surface area contributed by atoms with Crippen molar-refractivity contribution < 1.29 is 4.79 Å². The van der Waals surface area contributed by atoms with E-state index >= 15 is 0 Å². The van der Waals surface area contributed by atoms with E-state index in [1.54, 1.807) is 0 Å². The number of carbonyl (C=O) groups excluding carboxylic acids is 1. The third-order valence-corrected chi connectivity index (χ3v) is 19.2. The summed E-state index contributed by atoms with van der Waals surface area (Å²) in [5.74, 6) is 2.76. The van der Waals surface area contributed by atoms with Gasteiger partial charge in [0.2, 0.25) is 0 Å². The molecule has 0 spiro atoms. The van der Waals surface area contributed by atoms with Gasteiger partial charge in [-0.15, -0.1) is 0 Å². The predicted octanol–water partition coefficient (Wildman–Crippen LogP) is 4.16. The molecule has 196 valence electrons. The lowest BCUT2D eigenvalue weighted by atomic mass is 10.3. The smallest absolute Gasteiger partial charge is 0.184 e. The average Bonchev–Trinajstić information content (AvgIpc) is 3.07. The van der Waals surface area contributed by atoms with E-state index < -0.39 is 16.1 Å². The highest BCUT2D eigenvalue weighted by Gasteiger charge is 2.56. The van der Waals surface area contributed by atoms with Crippen LogP contribution in [0.3, 0.4) is 0 Å². The van der Waals surface area contributed by atoms with Crippen LogP contribution in [0.4, 0.5) is 0 Å². The summed E-state index contributed by atoms with van der Waals surface area (Å²) in [4.78, 5) is 15.0. The normalized spacial score (nSPS) is 11.4. The number of hydrogen-bond donors (Lipinski definition) is 0. The van der Waals surface area contributed by atoms with Gasteiger partial charge in [-0.2, -0.15) is 0 Å². The first-order valence-corrected chi connectivity index (χ1v) is 17.9. The summed E-state index contributed by atoms with van der Waals surface area (Å²) in [7, 11) is -6.36. The van der Waals surface area contributed by atoms with E-state index in [4.69, 9.17) is 0 Å². The van der Waals surface area contributed by atoms with Crippen molar-refractivity contribution >= 4 is 53.2 Å². The molecule has 6 rings (SSSR count). The molecule has 0 amide bonds. The minimum absolute atomic E-state index is 0.886. The van der Waals surface area contributed by atoms with Gasteiger partial charge in [0.15, 0.2) is 16.1 Å². The molecule has 0 aliphatic rings. The van der Waals surface area contributed by atoms with Crippen LogP contribution in [0.5, 0.6) is 0 Å². The van der Waals surface area contributed by atoms with Crippen LogP contribution in [0.1, 0.15) is 0 Å². The van der Waals surface area contributed by atoms with Crippen molar-refractivity contribution in [2.24, 2.45) is 0 Å². The Morgan fingerprint density at radius 1 is 0.317 bits per heavy atom. The standard InChI is InChI=1S/C38H30OSi2/c39-31-38(40(32-19-7-1-8-20-32,33-21-9-2-10-22-33)34-23-11-3-12-24-34)41(35-25-13-4-14-26-35,36-27-15-5-16-28-36)37-29-17-6-18-30-37/h1-30H. The molecule has 6 aromatic rings. The summed E-state index contributed by atoms with van der Waals surface area (Å²) >= 11 is 0. The number of benzene rings is 6. The van der Waals surface area contributed by atoms with E-state index in [0.717, 1.165) is 4.82 Å². The SMILES string of the molecule is O=C=C([Si](c1ccccc1)(c1ccccc1)c1ccccc1)[Si](c1ccccc1)(c1ccccc1)c1ccccc1. The molecule has 0 fully saturated rings. The second-order valence-electron chi connectivity index (χ2n) is 10.2. The highest BCUT2D eigenvalue weighted by molar-refractivity contribution is 7.34. The highest BCUT2D eigenvalue weighted by atomic mass is 28.4. The van der Waals surface area contributed by atoms with Gasteiger partial charge in [0.1, 0.15) is 5.94 Å². The second kappa shape index (κ2) is 11.8. The third kappa shape index (κ3) is 4.47. The van der Waals surface area contributed by atoms with Crippen molar-refractivity contribution in [2.45, 2.75) is 0 Å². The van der Waals surface area contributed by atoms with E-state index in [0.29, 0.717) is 0 Å². The fourth-order valence-electron chi connectivity index (χ4n) is 6.43. The molecule has 0 saturated carbocycles. The fraction of sp³-hybridized carbons (Fsp3) is 0. The van der Waals surface area contributed by atoms with Gasteiger partial charge in [-0.1, -0.05) is 182 Å². The Labute approximate surface area is 244 Å². The maximum absolute atomic E-state index is 14.1. The van der Waals surface area contributed by atoms with E-state index in [1.165, 1.54) is 31.1 Å². The molecule has 0 heterocycles. The molecule has 0 radical (unpaired) electrons. The maximum Gasteiger partial charge on any atom is 0.184 e. The van der Waals surface area contributed by atoms with Crippen LogP contribution in [0.25, 0.3) is 0 Å². The van der Waals surface area contributed by atoms with Gasteiger partial charge in [-0.25, -0.2) is 4.79 Å². The molecule has 0 aliphatic heterocycles. The van der Waals surface area contributed by atoms with Gasteiger partial charge in [-0.05, 0) is 31.1 Å². The zero-order valence-corrected chi connectivity index (χ0v) is 24.7. The summed E-state index contributed by atoms with van der Waals surface area (Å²) in [6, 6.07) is 64.1. The summed E-state index contributed by atoms with van der Waals surface area (Å²) < 4.78 is 0. The Hall–Kier alpha value is -4.80. The van der Waals surface area contributed by atoms with Gasteiger partial charge >= 0.3 is 0 Å². The number of hydrogen-bond acceptors (Lipinski definition) is 1. The van der Waals surface area contributed by atoms with Gasteiger partial charge in [0.05, 0.1) is 0 Å². The molecule has 1 nitrogen and oxygen atoms in total. The third-order valence-electron chi connectivity index (χ3n) is 8.09. The average molecular weight is 559 g/mol. The Bertz CT molecular complexity index is 1430. The maximum atomic E-state index is 14.1. The van der Waals surface area contributed by atoms with Gasteiger partial charge in [-0.3, -0.25) is 0 Å². The minimum atomic E-state index is -3.18. The zero-order chi connectivity index (χ0) is 28.0. The van der Waals surface area contributed by atoms with Crippen molar-refractivity contribution in [3.05, 3.63) is 187 Å². The zero-order valence-electron chi connectivity index (χ0n) is 22.7. The van der Waals surface area contributed by atoms with Gasteiger partial charge in [0.25, 0.3) is 0 Å². The first-order chi connectivity index (χ1) is 20.3. The van der Waals surface area contributed by atoms with Crippen molar-refractivity contribution in [1.29, 1.82) is 0 Å². The van der Waals surface area contributed by atoms with Crippen molar-refractivity contribution in [3.63, 3.8) is 0 Å². The van der Waals surface area contributed by atoms with Gasteiger partial charge < -0.3 is 0 Å². The van der Waals surface area contributed by atoms with E-state index in [-0.39, 0.29) is 0 Å². The van der Waals surface area contributed by atoms with Crippen LogP contribution in [-0.2, 0) is 4.79 Å². The molecule has 0 N–H and O–H groups in total. The lowest BCUT2D eigenvalue weighted by Gasteiger charge is -2.44. The second-order valence-corrected chi connectivity index (χ2v) is 18.1. The van der Waals surface area contributed by atoms with Crippen LogP contribution in [0.15, 0.2) is 187 Å². The van der Waals surface area contributed by atoms with Crippen LogP contribution in [-0.4, -0.2) is 22.1 Å². The number of rotatable bonds is 8. The Morgan fingerprint density at radius 3 is 0.634 bits per heavy atom. The molecular formula is C38H30OSi2. The molecular weight excluding hydrogens is 529 g/mol. The van der Waals surface area contributed by atoms with Crippen LogP contribution in [0.2, 0.25) is 0 Å². The monoisotopic (exact) mass is 558 g/mol. The quantitative estimate of drug-likeness (QED) is 0.156. The van der Waals surface area contributed by atoms with Crippen molar-refractivity contribution in [3.8, 4) is 0 Å². The van der Waals surface area contributed by atoms with E-state index in [2.05, 4.69) is 188 Å². The summed E-state index contributed by atoms with van der Waals surface area (Å²) in [6.07, 6.45) is 0. The van der Waals surface area contributed by atoms with Gasteiger partial charge in [0, 0.05) is 4.82 Å².